The van der Waals surface area contributed by atoms with E-state index in [4.69, 9.17) is 11.6 Å². The normalized spacial score (nSPS) is 16.1. The summed E-state index contributed by atoms with van der Waals surface area (Å²) in [7, 11) is 4.16. The molecule has 2 rings (SSSR count). The van der Waals surface area contributed by atoms with E-state index in [1.807, 2.05) is 29.2 Å². The van der Waals surface area contributed by atoms with E-state index in [2.05, 4.69) is 29.2 Å². The van der Waals surface area contributed by atoms with Crippen LogP contribution in [0.15, 0.2) is 24.3 Å². The number of benzene rings is 1. The van der Waals surface area contributed by atoms with Crippen molar-refractivity contribution in [1.82, 2.24) is 20.0 Å². The van der Waals surface area contributed by atoms with E-state index < -0.39 is 0 Å². The Kier molecular flexibility index (Phi) is 6.49. The van der Waals surface area contributed by atoms with E-state index in [0.717, 1.165) is 44.8 Å². The highest BCUT2D eigenvalue weighted by molar-refractivity contribution is 6.31. The smallest absolute Gasteiger partial charge is 0.317 e. The lowest BCUT2D eigenvalue weighted by Gasteiger charge is -2.35. The van der Waals surface area contributed by atoms with Crippen LogP contribution in [0.25, 0.3) is 0 Å². The molecule has 0 bridgehead atoms. The van der Waals surface area contributed by atoms with Gasteiger partial charge in [-0.1, -0.05) is 29.8 Å². The molecule has 1 fully saturated rings. The minimum absolute atomic E-state index is 0.00724. The Labute approximate surface area is 137 Å². The second-order valence-corrected chi connectivity index (χ2v) is 6.29. The first kappa shape index (κ1) is 17.1. The standard InChI is InChI=1S/C16H25ClN4O/c1-19(2)7-8-20-9-11-21(12-10-20)16(22)18-13-14-5-3-4-6-15(14)17/h3-6H,7-13H2,1-2H3,(H,18,22). The Bertz CT molecular complexity index is 487. The number of hydrogen-bond donors (Lipinski definition) is 1. The first-order chi connectivity index (χ1) is 10.6. The molecule has 1 N–H and O–H groups in total. The van der Waals surface area contributed by atoms with Crippen molar-refractivity contribution < 1.29 is 4.79 Å². The molecule has 1 aliphatic heterocycles. The molecule has 0 radical (unpaired) electrons. The van der Waals surface area contributed by atoms with E-state index in [1.54, 1.807) is 0 Å². The molecule has 2 amide bonds. The van der Waals surface area contributed by atoms with Crippen molar-refractivity contribution in [1.29, 1.82) is 0 Å². The van der Waals surface area contributed by atoms with Crippen LogP contribution in [0.2, 0.25) is 5.02 Å². The highest BCUT2D eigenvalue weighted by Gasteiger charge is 2.20. The SMILES string of the molecule is CN(C)CCN1CCN(C(=O)NCc2ccccc2Cl)CC1. The quantitative estimate of drug-likeness (QED) is 0.896. The minimum Gasteiger partial charge on any atom is -0.334 e. The van der Waals surface area contributed by atoms with Crippen molar-refractivity contribution in [2.45, 2.75) is 6.54 Å². The monoisotopic (exact) mass is 324 g/mol. The Balaban J connectivity index is 1.72. The van der Waals surface area contributed by atoms with Crippen molar-refractivity contribution >= 4 is 17.6 Å². The second kappa shape index (κ2) is 8.36. The molecule has 0 aromatic heterocycles. The lowest BCUT2D eigenvalue weighted by Crippen LogP contribution is -2.52. The number of likely N-dealkylation sites (N-methyl/N-ethyl adjacent to an activating group) is 1. The molecular weight excluding hydrogens is 300 g/mol. The average Bonchev–Trinajstić information content (AvgIpc) is 2.52. The Morgan fingerprint density at radius 2 is 1.91 bits per heavy atom. The lowest BCUT2D eigenvalue weighted by molar-refractivity contribution is 0.133. The van der Waals surface area contributed by atoms with E-state index in [0.29, 0.717) is 11.6 Å². The molecule has 1 heterocycles. The molecule has 0 spiro atoms. The molecule has 122 valence electrons. The van der Waals surface area contributed by atoms with Crippen LogP contribution >= 0.6 is 11.6 Å². The lowest BCUT2D eigenvalue weighted by atomic mass is 10.2. The van der Waals surface area contributed by atoms with Crippen LogP contribution in [-0.4, -0.2) is 74.1 Å². The number of nitrogens with zero attached hydrogens (tertiary/aromatic N) is 3. The molecule has 0 atom stereocenters. The number of amides is 2. The summed E-state index contributed by atoms with van der Waals surface area (Å²) in [5.74, 6) is 0. The van der Waals surface area contributed by atoms with E-state index in [1.165, 1.54) is 0 Å². The van der Waals surface area contributed by atoms with Gasteiger partial charge >= 0.3 is 6.03 Å². The molecule has 1 aromatic carbocycles. The van der Waals surface area contributed by atoms with Crippen molar-refractivity contribution in [3.05, 3.63) is 34.9 Å². The summed E-state index contributed by atoms with van der Waals surface area (Å²) in [5, 5.41) is 3.64. The number of halogens is 1. The molecule has 0 saturated carbocycles. The predicted octanol–water partition coefficient (Wildman–Crippen LogP) is 1.73. The van der Waals surface area contributed by atoms with Gasteiger partial charge in [0.25, 0.3) is 0 Å². The van der Waals surface area contributed by atoms with Gasteiger partial charge < -0.3 is 15.1 Å². The van der Waals surface area contributed by atoms with Crippen molar-refractivity contribution in [2.24, 2.45) is 0 Å². The molecule has 1 aliphatic rings. The summed E-state index contributed by atoms with van der Waals surface area (Å²) in [6, 6.07) is 7.58. The zero-order chi connectivity index (χ0) is 15.9. The van der Waals surface area contributed by atoms with Crippen LogP contribution in [0.5, 0.6) is 0 Å². The second-order valence-electron chi connectivity index (χ2n) is 5.88. The summed E-state index contributed by atoms with van der Waals surface area (Å²) in [4.78, 5) is 18.7. The number of urea groups is 1. The van der Waals surface area contributed by atoms with E-state index >= 15 is 0 Å². The third-order valence-corrected chi connectivity index (χ3v) is 4.28. The van der Waals surface area contributed by atoms with Gasteiger partial charge in [-0.25, -0.2) is 4.79 Å². The van der Waals surface area contributed by atoms with Crippen molar-refractivity contribution in [2.75, 3.05) is 53.4 Å². The highest BCUT2D eigenvalue weighted by Crippen LogP contribution is 2.14. The summed E-state index contributed by atoms with van der Waals surface area (Å²) in [6.07, 6.45) is 0. The van der Waals surface area contributed by atoms with Crippen LogP contribution in [0.3, 0.4) is 0 Å². The van der Waals surface area contributed by atoms with Gasteiger partial charge in [0, 0.05) is 50.8 Å². The third-order valence-electron chi connectivity index (χ3n) is 3.91. The van der Waals surface area contributed by atoms with Crippen LogP contribution in [0, 0.1) is 0 Å². The predicted molar refractivity (Wildman–Crippen MR) is 90.3 cm³/mol. The molecule has 0 unspecified atom stereocenters. The van der Waals surface area contributed by atoms with Gasteiger partial charge in [-0.15, -0.1) is 0 Å². The fourth-order valence-corrected chi connectivity index (χ4v) is 2.64. The Morgan fingerprint density at radius 3 is 2.55 bits per heavy atom. The van der Waals surface area contributed by atoms with Crippen molar-refractivity contribution in [3.63, 3.8) is 0 Å². The fraction of sp³-hybridized carbons (Fsp3) is 0.562. The van der Waals surface area contributed by atoms with Crippen LogP contribution in [0.1, 0.15) is 5.56 Å². The molecule has 6 heteroatoms. The third kappa shape index (κ3) is 5.16. The number of piperazine rings is 1. The topological polar surface area (TPSA) is 38.8 Å². The van der Waals surface area contributed by atoms with Gasteiger partial charge in [0.15, 0.2) is 0 Å². The first-order valence-corrected chi connectivity index (χ1v) is 8.07. The number of carbonyl (C=O) groups is 1. The number of nitrogens with one attached hydrogen (secondary N) is 1. The minimum atomic E-state index is -0.00724. The largest absolute Gasteiger partial charge is 0.334 e. The number of hydrogen-bond acceptors (Lipinski definition) is 3. The molecule has 1 saturated heterocycles. The summed E-state index contributed by atoms with van der Waals surface area (Å²) >= 11 is 6.10. The number of carbonyl (C=O) groups excluding carboxylic acids is 1. The van der Waals surface area contributed by atoms with Crippen LogP contribution < -0.4 is 5.32 Å². The van der Waals surface area contributed by atoms with Crippen LogP contribution in [0.4, 0.5) is 4.79 Å². The van der Waals surface area contributed by atoms with Gasteiger partial charge in [0.2, 0.25) is 0 Å². The summed E-state index contributed by atoms with van der Waals surface area (Å²) in [6.45, 7) is 6.02. The molecule has 5 nitrogen and oxygen atoms in total. The zero-order valence-corrected chi connectivity index (χ0v) is 14.1. The Morgan fingerprint density at radius 1 is 1.23 bits per heavy atom. The van der Waals surface area contributed by atoms with Crippen molar-refractivity contribution in [3.8, 4) is 0 Å². The van der Waals surface area contributed by atoms with Gasteiger partial charge in [0.1, 0.15) is 0 Å². The van der Waals surface area contributed by atoms with Gasteiger partial charge in [0.05, 0.1) is 0 Å². The maximum atomic E-state index is 12.2. The maximum absolute atomic E-state index is 12.2. The maximum Gasteiger partial charge on any atom is 0.317 e. The van der Waals surface area contributed by atoms with E-state index in [9.17, 15) is 4.79 Å². The molecule has 1 aromatic rings. The molecular formula is C16H25ClN4O. The van der Waals surface area contributed by atoms with Gasteiger partial charge in [-0.3, -0.25) is 4.90 Å². The van der Waals surface area contributed by atoms with Crippen LogP contribution in [-0.2, 0) is 6.54 Å². The average molecular weight is 325 g/mol. The zero-order valence-electron chi connectivity index (χ0n) is 13.4. The summed E-state index contributed by atoms with van der Waals surface area (Å²) in [5.41, 5.74) is 0.946. The Hall–Kier alpha value is -1.30. The number of rotatable bonds is 5. The fourth-order valence-electron chi connectivity index (χ4n) is 2.44. The van der Waals surface area contributed by atoms with Gasteiger partial charge in [-0.2, -0.15) is 0 Å². The highest BCUT2D eigenvalue weighted by atomic mass is 35.5. The molecule has 0 aliphatic carbocycles. The van der Waals surface area contributed by atoms with Gasteiger partial charge in [-0.05, 0) is 25.7 Å². The summed E-state index contributed by atoms with van der Waals surface area (Å²) < 4.78 is 0. The van der Waals surface area contributed by atoms with E-state index in [-0.39, 0.29) is 6.03 Å². The first-order valence-electron chi connectivity index (χ1n) is 7.69. The molecule has 22 heavy (non-hydrogen) atoms.